The molecule has 0 atom stereocenters. The zero-order chi connectivity index (χ0) is 19.5. The minimum absolute atomic E-state index is 0.292. The third kappa shape index (κ3) is 3.14. The molecular formula is C20H20F2N4OS. The average Bonchev–Trinajstić information content (AvgIpc) is 3.42. The van der Waals surface area contributed by atoms with Gasteiger partial charge in [0.05, 0.1) is 10.6 Å². The number of aryl methyl sites for hydroxylation is 1. The maximum Gasteiger partial charge on any atom is 0.159 e. The van der Waals surface area contributed by atoms with Crippen LogP contribution in [0.25, 0.3) is 10.3 Å². The van der Waals surface area contributed by atoms with Gasteiger partial charge in [0.25, 0.3) is 0 Å². The van der Waals surface area contributed by atoms with Crippen LogP contribution in [0.3, 0.4) is 0 Å². The molecule has 0 unspecified atom stereocenters. The van der Waals surface area contributed by atoms with E-state index in [2.05, 4.69) is 9.88 Å². The van der Waals surface area contributed by atoms with Crippen LogP contribution in [0.2, 0.25) is 0 Å². The fraction of sp³-hybridized carbons (Fsp3) is 0.450. The highest BCUT2D eigenvalue weighted by molar-refractivity contribution is 7.18. The molecular weight excluding hydrogens is 382 g/mol. The Labute approximate surface area is 165 Å². The summed E-state index contributed by atoms with van der Waals surface area (Å²) in [4.78, 5) is 17.1. The molecule has 0 bridgehead atoms. The van der Waals surface area contributed by atoms with E-state index in [1.54, 1.807) is 11.3 Å². The number of piperidine rings is 1. The molecule has 0 amide bonds. The predicted octanol–water partition coefficient (Wildman–Crippen LogP) is 4.04. The van der Waals surface area contributed by atoms with E-state index in [0.717, 1.165) is 45.9 Å². The SMILES string of the molecule is Cc1nc2c(N3CCC(O)(c4cc(F)cc(F)c4)CC3)nc(C3CC3)nc2s1. The molecule has 8 heteroatoms. The number of benzene rings is 1. The molecule has 1 aromatic carbocycles. The summed E-state index contributed by atoms with van der Waals surface area (Å²) in [6.45, 7) is 3.02. The number of thiazole rings is 1. The lowest BCUT2D eigenvalue weighted by molar-refractivity contribution is 0.0111. The first kappa shape index (κ1) is 17.9. The van der Waals surface area contributed by atoms with Crippen LogP contribution < -0.4 is 4.90 Å². The van der Waals surface area contributed by atoms with Crippen molar-refractivity contribution in [3.8, 4) is 0 Å². The van der Waals surface area contributed by atoms with E-state index < -0.39 is 17.2 Å². The Morgan fingerprint density at radius 3 is 2.39 bits per heavy atom. The van der Waals surface area contributed by atoms with Gasteiger partial charge in [0.2, 0.25) is 0 Å². The van der Waals surface area contributed by atoms with Crippen molar-refractivity contribution in [2.45, 2.75) is 44.1 Å². The fourth-order valence-electron chi connectivity index (χ4n) is 3.87. The van der Waals surface area contributed by atoms with Crippen LogP contribution in [-0.4, -0.2) is 33.1 Å². The number of rotatable bonds is 3. The van der Waals surface area contributed by atoms with E-state index in [4.69, 9.17) is 9.97 Å². The summed E-state index contributed by atoms with van der Waals surface area (Å²) in [5.74, 6) is 0.774. The topological polar surface area (TPSA) is 62.1 Å². The molecule has 5 nitrogen and oxygen atoms in total. The van der Waals surface area contributed by atoms with Crippen molar-refractivity contribution in [1.29, 1.82) is 0 Å². The summed E-state index contributed by atoms with van der Waals surface area (Å²) in [5.41, 5.74) is -0.155. The van der Waals surface area contributed by atoms with Crippen molar-refractivity contribution in [2.24, 2.45) is 0 Å². The minimum atomic E-state index is -1.25. The van der Waals surface area contributed by atoms with Crippen molar-refractivity contribution in [1.82, 2.24) is 15.0 Å². The lowest BCUT2D eigenvalue weighted by Crippen LogP contribution is -2.43. The number of aromatic nitrogens is 3. The summed E-state index contributed by atoms with van der Waals surface area (Å²) in [7, 11) is 0. The van der Waals surface area contributed by atoms with Crippen LogP contribution in [0.15, 0.2) is 18.2 Å². The normalized spacial score (nSPS) is 19.4. The number of hydrogen-bond donors (Lipinski definition) is 1. The first-order chi connectivity index (χ1) is 13.4. The first-order valence-corrected chi connectivity index (χ1v) is 10.3. The number of nitrogens with zero attached hydrogens (tertiary/aromatic N) is 4. The van der Waals surface area contributed by atoms with Gasteiger partial charge in [-0.15, -0.1) is 0 Å². The van der Waals surface area contributed by atoms with E-state index in [1.165, 1.54) is 12.1 Å². The average molecular weight is 402 g/mol. The zero-order valence-electron chi connectivity index (χ0n) is 15.5. The van der Waals surface area contributed by atoms with Gasteiger partial charge in [0.15, 0.2) is 5.82 Å². The molecule has 2 fully saturated rings. The molecule has 2 aliphatic rings. The van der Waals surface area contributed by atoms with E-state index in [-0.39, 0.29) is 0 Å². The second-order valence-electron chi connectivity index (χ2n) is 7.74. The molecule has 28 heavy (non-hydrogen) atoms. The standard InChI is InChI=1S/C20H20F2N4OS/c1-11-23-16-18(24-17(12-2-3-12)25-19(16)28-11)26-6-4-20(27,5-7-26)13-8-14(21)10-15(22)9-13/h8-10,12,27H,2-7H2,1H3. The first-order valence-electron chi connectivity index (χ1n) is 9.50. The second kappa shape index (κ2) is 6.42. The third-order valence-corrected chi connectivity index (χ3v) is 6.46. The van der Waals surface area contributed by atoms with Crippen LogP contribution in [0.4, 0.5) is 14.6 Å². The van der Waals surface area contributed by atoms with Gasteiger partial charge >= 0.3 is 0 Å². The highest BCUT2D eigenvalue weighted by atomic mass is 32.1. The Morgan fingerprint density at radius 1 is 1.07 bits per heavy atom. The number of aliphatic hydroxyl groups is 1. The van der Waals surface area contributed by atoms with Gasteiger partial charge in [-0.1, -0.05) is 11.3 Å². The van der Waals surface area contributed by atoms with Crippen molar-refractivity contribution < 1.29 is 13.9 Å². The quantitative estimate of drug-likeness (QED) is 0.717. The van der Waals surface area contributed by atoms with E-state index in [1.807, 2.05) is 6.92 Å². The van der Waals surface area contributed by atoms with Gasteiger partial charge in [-0.3, -0.25) is 0 Å². The van der Waals surface area contributed by atoms with Gasteiger partial charge in [0.1, 0.15) is 27.8 Å². The largest absolute Gasteiger partial charge is 0.385 e. The Hall–Kier alpha value is -2.19. The summed E-state index contributed by atoms with van der Waals surface area (Å²) in [6.07, 6.45) is 2.97. The summed E-state index contributed by atoms with van der Waals surface area (Å²) in [6, 6.07) is 3.26. The van der Waals surface area contributed by atoms with Crippen LogP contribution in [0, 0.1) is 18.6 Å². The molecule has 1 saturated carbocycles. The molecule has 3 aromatic rings. The highest BCUT2D eigenvalue weighted by Crippen LogP contribution is 2.42. The molecule has 1 saturated heterocycles. The molecule has 5 rings (SSSR count). The number of anilines is 1. The summed E-state index contributed by atoms with van der Waals surface area (Å²) < 4.78 is 27.2. The lowest BCUT2D eigenvalue weighted by Gasteiger charge is -2.39. The van der Waals surface area contributed by atoms with E-state index >= 15 is 0 Å². The van der Waals surface area contributed by atoms with Gasteiger partial charge < -0.3 is 10.0 Å². The Morgan fingerprint density at radius 2 is 1.75 bits per heavy atom. The fourth-order valence-corrected chi connectivity index (χ4v) is 4.66. The number of fused-ring (bicyclic) bond motifs is 1. The van der Waals surface area contributed by atoms with Crippen LogP contribution in [-0.2, 0) is 5.60 Å². The summed E-state index contributed by atoms with van der Waals surface area (Å²) >= 11 is 1.57. The van der Waals surface area contributed by atoms with Gasteiger partial charge in [-0.2, -0.15) is 0 Å². The molecule has 146 valence electrons. The van der Waals surface area contributed by atoms with Crippen molar-refractivity contribution in [3.05, 3.63) is 46.2 Å². The van der Waals surface area contributed by atoms with Gasteiger partial charge in [0, 0.05) is 25.1 Å². The molecule has 0 radical (unpaired) electrons. The predicted molar refractivity (Wildman–Crippen MR) is 104 cm³/mol. The summed E-state index contributed by atoms with van der Waals surface area (Å²) in [5, 5.41) is 12.0. The number of halogens is 2. The molecule has 1 aliphatic carbocycles. The third-order valence-electron chi connectivity index (χ3n) is 5.60. The smallest absolute Gasteiger partial charge is 0.159 e. The van der Waals surface area contributed by atoms with Crippen molar-refractivity contribution in [2.75, 3.05) is 18.0 Å². The van der Waals surface area contributed by atoms with E-state index in [0.29, 0.717) is 37.4 Å². The maximum atomic E-state index is 13.6. The van der Waals surface area contributed by atoms with Crippen LogP contribution >= 0.6 is 11.3 Å². The number of hydrogen-bond acceptors (Lipinski definition) is 6. The Balaban J connectivity index is 1.45. The lowest BCUT2D eigenvalue weighted by atomic mass is 9.84. The van der Waals surface area contributed by atoms with Crippen molar-refractivity contribution >= 4 is 27.5 Å². The Kier molecular flexibility index (Phi) is 4.10. The van der Waals surface area contributed by atoms with Gasteiger partial charge in [-0.05, 0) is 50.3 Å². The second-order valence-corrected chi connectivity index (χ2v) is 8.92. The van der Waals surface area contributed by atoms with Crippen LogP contribution in [0.1, 0.15) is 48.0 Å². The molecule has 3 heterocycles. The van der Waals surface area contributed by atoms with Crippen LogP contribution in [0.5, 0.6) is 0 Å². The van der Waals surface area contributed by atoms with Crippen molar-refractivity contribution in [3.63, 3.8) is 0 Å². The maximum absolute atomic E-state index is 13.6. The molecule has 1 aliphatic heterocycles. The minimum Gasteiger partial charge on any atom is -0.385 e. The zero-order valence-corrected chi connectivity index (χ0v) is 16.3. The molecule has 2 aromatic heterocycles. The van der Waals surface area contributed by atoms with E-state index in [9.17, 15) is 13.9 Å². The Bertz CT molecular complexity index is 1040. The van der Waals surface area contributed by atoms with Gasteiger partial charge in [-0.25, -0.2) is 23.7 Å². The molecule has 1 N–H and O–H groups in total. The monoisotopic (exact) mass is 402 g/mol. The highest BCUT2D eigenvalue weighted by Gasteiger charge is 2.36. The molecule has 0 spiro atoms.